The number of halogens is 1. The second kappa shape index (κ2) is 6.18. The Bertz CT molecular complexity index is 698. The molecule has 0 spiro atoms. The number of aryl methyl sites for hydroxylation is 1. The van der Waals surface area contributed by atoms with Crippen molar-refractivity contribution in [1.82, 2.24) is 0 Å². The zero-order chi connectivity index (χ0) is 15.6. The molecule has 0 aliphatic heterocycles. The maximum absolute atomic E-state index is 12.7. The number of ether oxygens (including phenoxy) is 2. The highest BCUT2D eigenvalue weighted by molar-refractivity contribution is 9.10. The Morgan fingerprint density at radius 3 is 2.38 bits per heavy atom. The van der Waals surface area contributed by atoms with Crippen LogP contribution < -0.4 is 15.2 Å². The van der Waals surface area contributed by atoms with Crippen molar-refractivity contribution in [1.29, 1.82) is 0 Å². The van der Waals surface area contributed by atoms with Crippen molar-refractivity contribution < 1.29 is 14.3 Å². The fourth-order valence-electron chi connectivity index (χ4n) is 2.06. The highest BCUT2D eigenvalue weighted by atomic mass is 79.9. The van der Waals surface area contributed by atoms with Gasteiger partial charge in [-0.15, -0.1) is 0 Å². The van der Waals surface area contributed by atoms with Gasteiger partial charge in [-0.25, -0.2) is 0 Å². The number of nitrogen functional groups attached to an aromatic ring is 1. The van der Waals surface area contributed by atoms with E-state index >= 15 is 0 Å². The second-order valence-electron chi connectivity index (χ2n) is 4.55. The fraction of sp³-hybridized carbons (Fsp3) is 0.188. The number of hydrogen-bond acceptors (Lipinski definition) is 4. The van der Waals surface area contributed by atoms with Gasteiger partial charge in [-0.3, -0.25) is 4.79 Å². The molecule has 110 valence electrons. The van der Waals surface area contributed by atoms with E-state index in [0.29, 0.717) is 28.3 Å². The van der Waals surface area contributed by atoms with E-state index in [4.69, 9.17) is 15.2 Å². The van der Waals surface area contributed by atoms with Crippen LogP contribution in [0.5, 0.6) is 11.5 Å². The lowest BCUT2D eigenvalue weighted by molar-refractivity contribution is 0.103. The maximum atomic E-state index is 12.7. The number of para-hydroxylation sites is 1. The molecule has 0 aliphatic rings. The summed E-state index contributed by atoms with van der Waals surface area (Å²) in [6.45, 7) is 1.87. The molecular formula is C16H16BrNO3. The SMILES string of the molecule is COc1cc(C(=O)c2cccc(C)c2N)c(OC)cc1Br. The van der Waals surface area contributed by atoms with Crippen LogP contribution in [-0.2, 0) is 0 Å². The van der Waals surface area contributed by atoms with Gasteiger partial charge in [-0.1, -0.05) is 12.1 Å². The van der Waals surface area contributed by atoms with E-state index in [1.165, 1.54) is 7.11 Å². The topological polar surface area (TPSA) is 61.5 Å². The van der Waals surface area contributed by atoms with Crippen LogP contribution in [-0.4, -0.2) is 20.0 Å². The van der Waals surface area contributed by atoms with Gasteiger partial charge in [-0.2, -0.15) is 0 Å². The summed E-state index contributed by atoms with van der Waals surface area (Å²) in [5.41, 5.74) is 8.22. The minimum atomic E-state index is -0.196. The molecule has 2 N–H and O–H groups in total. The lowest BCUT2D eigenvalue weighted by Crippen LogP contribution is -2.08. The molecule has 0 fully saturated rings. The van der Waals surface area contributed by atoms with Crippen LogP contribution >= 0.6 is 15.9 Å². The molecule has 0 aromatic heterocycles. The number of methoxy groups -OCH3 is 2. The number of rotatable bonds is 4. The van der Waals surface area contributed by atoms with Crippen LogP contribution in [0.15, 0.2) is 34.8 Å². The number of anilines is 1. The van der Waals surface area contributed by atoms with Crippen molar-refractivity contribution in [3.8, 4) is 11.5 Å². The molecule has 2 aromatic rings. The summed E-state index contributed by atoms with van der Waals surface area (Å²) in [6.07, 6.45) is 0. The molecule has 4 nitrogen and oxygen atoms in total. The van der Waals surface area contributed by atoms with Gasteiger partial charge in [0.25, 0.3) is 0 Å². The number of ketones is 1. The quantitative estimate of drug-likeness (QED) is 0.676. The van der Waals surface area contributed by atoms with Crippen LogP contribution in [0.2, 0.25) is 0 Å². The minimum Gasteiger partial charge on any atom is -0.496 e. The predicted octanol–water partition coefficient (Wildman–Crippen LogP) is 3.59. The highest BCUT2D eigenvalue weighted by Crippen LogP contribution is 2.34. The van der Waals surface area contributed by atoms with E-state index in [9.17, 15) is 4.79 Å². The molecule has 5 heteroatoms. The van der Waals surface area contributed by atoms with Crippen LogP contribution in [0, 0.1) is 6.92 Å². The number of benzene rings is 2. The molecule has 2 rings (SSSR count). The molecule has 0 saturated heterocycles. The Morgan fingerprint density at radius 2 is 1.76 bits per heavy atom. The Balaban J connectivity index is 2.60. The molecule has 0 heterocycles. The lowest BCUT2D eigenvalue weighted by atomic mass is 9.98. The summed E-state index contributed by atoms with van der Waals surface area (Å²) in [7, 11) is 3.06. The van der Waals surface area contributed by atoms with Gasteiger partial charge >= 0.3 is 0 Å². The Morgan fingerprint density at radius 1 is 1.10 bits per heavy atom. The first-order valence-corrected chi connectivity index (χ1v) is 7.10. The van der Waals surface area contributed by atoms with E-state index in [-0.39, 0.29) is 5.78 Å². The summed E-state index contributed by atoms with van der Waals surface area (Å²) < 4.78 is 11.2. The van der Waals surface area contributed by atoms with Gasteiger partial charge in [0.1, 0.15) is 11.5 Å². The van der Waals surface area contributed by atoms with E-state index in [2.05, 4.69) is 15.9 Å². The largest absolute Gasteiger partial charge is 0.496 e. The molecule has 0 unspecified atom stereocenters. The van der Waals surface area contributed by atoms with Crippen molar-refractivity contribution in [2.45, 2.75) is 6.92 Å². The summed E-state index contributed by atoms with van der Waals surface area (Å²) in [4.78, 5) is 12.7. The maximum Gasteiger partial charge on any atom is 0.198 e. The summed E-state index contributed by atoms with van der Waals surface area (Å²) in [6, 6.07) is 8.73. The van der Waals surface area contributed by atoms with Crippen LogP contribution in [0.4, 0.5) is 5.69 Å². The first-order chi connectivity index (χ1) is 9.99. The molecule has 0 amide bonds. The number of hydrogen-bond donors (Lipinski definition) is 1. The minimum absolute atomic E-state index is 0.196. The number of carbonyl (C=O) groups excluding carboxylic acids is 1. The molecule has 0 radical (unpaired) electrons. The van der Waals surface area contributed by atoms with Gasteiger partial charge in [0.2, 0.25) is 0 Å². The molecule has 0 bridgehead atoms. The Labute approximate surface area is 132 Å². The van der Waals surface area contributed by atoms with Crippen LogP contribution in [0.25, 0.3) is 0 Å². The molecule has 0 saturated carbocycles. The monoisotopic (exact) mass is 349 g/mol. The predicted molar refractivity (Wildman–Crippen MR) is 86.3 cm³/mol. The Hall–Kier alpha value is -2.01. The van der Waals surface area contributed by atoms with Gasteiger partial charge < -0.3 is 15.2 Å². The fourth-order valence-corrected chi connectivity index (χ4v) is 2.55. The third-order valence-electron chi connectivity index (χ3n) is 3.29. The van der Waals surface area contributed by atoms with Crippen molar-refractivity contribution in [3.63, 3.8) is 0 Å². The zero-order valence-electron chi connectivity index (χ0n) is 12.1. The smallest absolute Gasteiger partial charge is 0.198 e. The van der Waals surface area contributed by atoms with Crippen molar-refractivity contribution in [3.05, 3.63) is 51.5 Å². The zero-order valence-corrected chi connectivity index (χ0v) is 13.7. The summed E-state index contributed by atoms with van der Waals surface area (Å²) in [5.74, 6) is 0.831. The Kier molecular flexibility index (Phi) is 4.53. The lowest BCUT2D eigenvalue weighted by Gasteiger charge is -2.13. The molecule has 0 atom stereocenters. The summed E-state index contributed by atoms with van der Waals surface area (Å²) in [5, 5.41) is 0. The third kappa shape index (κ3) is 2.88. The number of carbonyl (C=O) groups is 1. The average molecular weight is 350 g/mol. The van der Waals surface area contributed by atoms with Crippen LogP contribution in [0.1, 0.15) is 21.5 Å². The average Bonchev–Trinajstić information content (AvgIpc) is 2.49. The van der Waals surface area contributed by atoms with Gasteiger partial charge in [0, 0.05) is 11.3 Å². The van der Waals surface area contributed by atoms with E-state index in [0.717, 1.165) is 10.0 Å². The van der Waals surface area contributed by atoms with E-state index in [1.54, 1.807) is 25.3 Å². The van der Waals surface area contributed by atoms with Crippen LogP contribution in [0.3, 0.4) is 0 Å². The normalized spacial score (nSPS) is 10.3. The van der Waals surface area contributed by atoms with Gasteiger partial charge in [0.05, 0.1) is 24.3 Å². The van der Waals surface area contributed by atoms with E-state index < -0.39 is 0 Å². The first kappa shape index (κ1) is 15.4. The molecule has 21 heavy (non-hydrogen) atoms. The molecule has 0 aliphatic carbocycles. The molecule has 2 aromatic carbocycles. The standard InChI is InChI=1S/C16H16BrNO3/c1-9-5-4-6-10(15(9)18)16(19)11-7-14(21-3)12(17)8-13(11)20-2/h4-8H,18H2,1-3H3. The summed E-state index contributed by atoms with van der Waals surface area (Å²) >= 11 is 3.37. The van der Waals surface area contributed by atoms with Crippen molar-refractivity contribution in [2.24, 2.45) is 0 Å². The van der Waals surface area contributed by atoms with Gasteiger partial charge in [-0.05, 0) is 46.6 Å². The molecular weight excluding hydrogens is 334 g/mol. The van der Waals surface area contributed by atoms with Crippen molar-refractivity contribution >= 4 is 27.4 Å². The first-order valence-electron chi connectivity index (χ1n) is 6.31. The third-order valence-corrected chi connectivity index (χ3v) is 3.91. The number of nitrogens with two attached hydrogens (primary N) is 1. The van der Waals surface area contributed by atoms with Gasteiger partial charge in [0.15, 0.2) is 5.78 Å². The highest BCUT2D eigenvalue weighted by Gasteiger charge is 2.20. The van der Waals surface area contributed by atoms with Crippen molar-refractivity contribution in [2.75, 3.05) is 20.0 Å². The second-order valence-corrected chi connectivity index (χ2v) is 5.41. The van der Waals surface area contributed by atoms with E-state index in [1.807, 2.05) is 19.1 Å².